The lowest BCUT2D eigenvalue weighted by Gasteiger charge is -2.47. The van der Waals surface area contributed by atoms with Crippen LogP contribution in [0.2, 0.25) is 0 Å². The summed E-state index contributed by atoms with van der Waals surface area (Å²) in [4.78, 5) is 52.2. The number of halogens is 1. The highest BCUT2D eigenvalue weighted by molar-refractivity contribution is 8.00. The minimum atomic E-state index is -1.23. The molecule has 0 radical (unpaired) electrons. The number of aromatic nitrogens is 1. The number of likely N-dealkylation sites (tertiary alicyclic amines) is 1. The van der Waals surface area contributed by atoms with Gasteiger partial charge >= 0.3 is 5.97 Å². The molecule has 0 spiro atoms. The van der Waals surface area contributed by atoms with Gasteiger partial charge in [-0.25, -0.2) is 9.18 Å². The lowest BCUT2D eigenvalue weighted by atomic mass is 10.0. The van der Waals surface area contributed by atoms with E-state index in [4.69, 9.17) is 5.73 Å². The molecule has 2 aromatic rings. The molecule has 2 atom stereocenters. The average molecular weight is 555 g/mol. The number of nitrogens with one attached hydrogen (secondary N) is 1. The number of carboxylic acids is 1. The number of carboxylic acid groups (broad SMARTS) is 1. The maximum atomic E-state index is 13.8. The van der Waals surface area contributed by atoms with Crippen LogP contribution in [-0.4, -0.2) is 67.4 Å². The Morgan fingerprint density at radius 3 is 2.67 bits per heavy atom. The van der Waals surface area contributed by atoms with Gasteiger partial charge in [0.15, 0.2) is 12.4 Å². The first-order valence-corrected chi connectivity index (χ1v) is 13.1. The van der Waals surface area contributed by atoms with Crippen molar-refractivity contribution in [2.75, 3.05) is 17.6 Å². The Hall–Kier alpha value is -4.23. The molecule has 0 bridgehead atoms. The van der Waals surface area contributed by atoms with Gasteiger partial charge in [0.2, 0.25) is 18.4 Å². The summed E-state index contributed by atoms with van der Waals surface area (Å²) >= 11 is 1.38. The number of carbonyl (C=O) groups excluding carboxylic acids is 3. The average Bonchev–Trinajstić information content (AvgIpc) is 3.24. The molecule has 0 saturated carbocycles. The van der Waals surface area contributed by atoms with E-state index in [0.29, 0.717) is 36.4 Å². The zero-order valence-electron chi connectivity index (χ0n) is 20.5. The number of β-lactam (4-membered cyclic amide) rings is 1. The summed E-state index contributed by atoms with van der Waals surface area (Å²) in [7, 11) is 0. The number of hydrogen-bond donors (Lipinski definition) is 4. The van der Waals surface area contributed by atoms with Crippen molar-refractivity contribution in [3.05, 3.63) is 77.0 Å². The quantitative estimate of drug-likeness (QED) is 0.169. The molecule has 1 aromatic heterocycles. The van der Waals surface area contributed by atoms with E-state index in [9.17, 15) is 33.8 Å². The number of allylic oxidation sites excluding steroid dienone is 1. The van der Waals surface area contributed by atoms with Crippen molar-refractivity contribution in [3.63, 3.8) is 0 Å². The number of aliphatic carboxylic acids is 1. The SMILES string of the molecule is N[C@@H]1C(=O)N2C(C(=O)O)=C(/C=C3\CCN(Cc4cc[n+](CC(=O)Nc5ccc(O)cc5F)cc4)C3=O)CS[C@H]12. The highest BCUT2D eigenvalue weighted by Crippen LogP contribution is 2.40. The molecule has 2 fully saturated rings. The highest BCUT2D eigenvalue weighted by Gasteiger charge is 2.51. The van der Waals surface area contributed by atoms with Crippen molar-refractivity contribution >= 4 is 41.1 Å². The zero-order chi connectivity index (χ0) is 27.8. The first-order valence-electron chi connectivity index (χ1n) is 12.1. The summed E-state index contributed by atoms with van der Waals surface area (Å²) < 4.78 is 15.4. The number of hydrogen-bond acceptors (Lipinski definition) is 7. The van der Waals surface area contributed by atoms with Crippen molar-refractivity contribution < 1.29 is 38.3 Å². The Kier molecular flexibility index (Phi) is 7.10. The zero-order valence-corrected chi connectivity index (χ0v) is 21.4. The Labute approximate surface area is 226 Å². The molecule has 3 aliphatic rings. The van der Waals surface area contributed by atoms with Crippen molar-refractivity contribution in [2.45, 2.75) is 30.9 Å². The Morgan fingerprint density at radius 2 is 1.97 bits per heavy atom. The van der Waals surface area contributed by atoms with Crippen LogP contribution in [0.5, 0.6) is 5.75 Å². The fourth-order valence-corrected chi connectivity index (χ4v) is 5.95. The van der Waals surface area contributed by atoms with Crippen LogP contribution < -0.4 is 15.6 Å². The molecule has 5 N–H and O–H groups in total. The third-order valence-electron chi connectivity index (χ3n) is 6.69. The van der Waals surface area contributed by atoms with Crippen LogP contribution in [0.25, 0.3) is 0 Å². The molecular weight excluding hydrogens is 529 g/mol. The van der Waals surface area contributed by atoms with Crippen molar-refractivity contribution in [3.8, 4) is 5.75 Å². The van der Waals surface area contributed by atoms with Gasteiger partial charge in [-0.15, -0.1) is 11.8 Å². The van der Waals surface area contributed by atoms with Crippen LogP contribution in [0.4, 0.5) is 10.1 Å². The molecular formula is C26H25FN5O6S+. The molecule has 3 amide bonds. The van der Waals surface area contributed by atoms with E-state index >= 15 is 0 Å². The minimum absolute atomic E-state index is 0.0376. The maximum Gasteiger partial charge on any atom is 0.352 e. The summed E-state index contributed by atoms with van der Waals surface area (Å²) in [6, 6.07) is 6.27. The largest absolute Gasteiger partial charge is 0.508 e. The predicted octanol–water partition coefficient (Wildman–Crippen LogP) is 0.697. The molecule has 13 heteroatoms. The fourth-order valence-electron chi connectivity index (χ4n) is 4.69. The van der Waals surface area contributed by atoms with Crippen LogP contribution in [-0.2, 0) is 32.3 Å². The highest BCUT2D eigenvalue weighted by atomic mass is 32.2. The Balaban J connectivity index is 1.21. The monoisotopic (exact) mass is 554 g/mol. The number of nitrogens with two attached hydrogens (primary N) is 1. The van der Waals surface area contributed by atoms with Gasteiger partial charge in [-0.1, -0.05) is 0 Å². The number of carbonyl (C=O) groups is 4. The second-order valence-corrected chi connectivity index (χ2v) is 10.5. The predicted molar refractivity (Wildman–Crippen MR) is 137 cm³/mol. The van der Waals surface area contributed by atoms with Crippen molar-refractivity contribution in [2.24, 2.45) is 5.73 Å². The van der Waals surface area contributed by atoms with Gasteiger partial charge in [0.25, 0.3) is 5.91 Å². The second-order valence-electron chi connectivity index (χ2n) is 9.35. The lowest BCUT2D eigenvalue weighted by Crippen LogP contribution is -2.68. The molecule has 1 aromatic carbocycles. The number of aromatic hydroxyl groups is 1. The number of amides is 3. The maximum absolute atomic E-state index is 13.8. The van der Waals surface area contributed by atoms with E-state index < -0.39 is 35.0 Å². The van der Waals surface area contributed by atoms with Crippen molar-refractivity contribution in [1.29, 1.82) is 0 Å². The van der Waals surface area contributed by atoms with E-state index in [0.717, 1.165) is 11.6 Å². The molecule has 2 saturated heterocycles. The van der Waals surface area contributed by atoms with E-state index in [1.165, 1.54) is 28.8 Å². The Bertz CT molecular complexity index is 1440. The number of phenolic OH excluding ortho intramolecular Hbond substituents is 1. The van der Waals surface area contributed by atoms with E-state index in [-0.39, 0.29) is 29.6 Å². The first kappa shape index (κ1) is 26.4. The summed E-state index contributed by atoms with van der Waals surface area (Å²) in [5.41, 5.74) is 7.35. The third-order valence-corrected chi connectivity index (χ3v) is 8.01. The van der Waals surface area contributed by atoms with Crippen LogP contribution in [0.15, 0.2) is 65.6 Å². The van der Waals surface area contributed by atoms with Gasteiger partial charge in [0, 0.05) is 42.6 Å². The van der Waals surface area contributed by atoms with Gasteiger partial charge in [-0.05, 0) is 35.8 Å². The van der Waals surface area contributed by atoms with Crippen LogP contribution in [0, 0.1) is 5.82 Å². The number of pyridine rings is 1. The molecule has 3 aliphatic heterocycles. The summed E-state index contributed by atoms with van der Waals surface area (Å²) in [6.45, 7) is 0.711. The van der Waals surface area contributed by atoms with Gasteiger partial charge in [-0.3, -0.25) is 19.3 Å². The van der Waals surface area contributed by atoms with Gasteiger partial charge < -0.3 is 26.2 Å². The van der Waals surface area contributed by atoms with Crippen LogP contribution in [0.1, 0.15) is 12.0 Å². The second kappa shape index (κ2) is 10.5. The first-order chi connectivity index (χ1) is 18.6. The summed E-state index contributed by atoms with van der Waals surface area (Å²) in [5.74, 6) is -2.97. The number of thioether (sulfide) groups is 1. The summed E-state index contributed by atoms with van der Waals surface area (Å²) in [6.07, 6.45) is 5.37. The van der Waals surface area contributed by atoms with E-state index in [1.807, 2.05) is 0 Å². The molecule has 0 aliphatic carbocycles. The minimum Gasteiger partial charge on any atom is -0.508 e. The van der Waals surface area contributed by atoms with Gasteiger partial charge in [-0.2, -0.15) is 4.57 Å². The van der Waals surface area contributed by atoms with Crippen LogP contribution >= 0.6 is 11.8 Å². The smallest absolute Gasteiger partial charge is 0.352 e. The van der Waals surface area contributed by atoms with Gasteiger partial charge in [0.1, 0.15) is 28.7 Å². The number of phenols is 1. The van der Waals surface area contributed by atoms with Crippen LogP contribution in [0.3, 0.4) is 0 Å². The Morgan fingerprint density at radius 1 is 1.23 bits per heavy atom. The standard InChI is InChI=1S/C26H24FN5O6S/c27-18-10-17(33)1-2-19(18)29-20(34)12-30-6-3-14(4-7-30)11-31-8-5-15(23(31)35)9-16-13-39-25-21(28)24(36)32(25)22(16)26(37)38/h1-4,6-7,9-10,21,25H,5,8,11-13,28H2,(H2-,29,33,34,37,38)/p+1/b15-9+/t21-,25-/m1/s1. The topological polar surface area (TPSA) is 157 Å². The number of rotatable bonds is 7. The van der Waals surface area contributed by atoms with Gasteiger partial charge in [0.05, 0.1) is 5.69 Å². The molecule has 39 heavy (non-hydrogen) atoms. The number of fused-ring (bicyclic) bond motifs is 1. The molecule has 5 rings (SSSR count). The van der Waals surface area contributed by atoms with E-state index in [1.54, 1.807) is 40.1 Å². The number of benzene rings is 1. The number of nitrogens with zero attached hydrogens (tertiary/aromatic N) is 3. The molecule has 0 unspecified atom stereocenters. The third kappa shape index (κ3) is 5.22. The molecule has 202 valence electrons. The molecule has 11 nitrogen and oxygen atoms in total. The van der Waals surface area contributed by atoms with Crippen molar-refractivity contribution in [1.82, 2.24) is 9.80 Å². The van der Waals surface area contributed by atoms with E-state index in [2.05, 4.69) is 5.32 Å². The molecule has 4 heterocycles. The fraction of sp³-hybridized carbons (Fsp3) is 0.269. The lowest BCUT2D eigenvalue weighted by molar-refractivity contribution is -0.684. The number of anilines is 1. The normalized spacial score (nSPS) is 21.7. The summed E-state index contributed by atoms with van der Waals surface area (Å²) in [5, 5.41) is 21.0.